The van der Waals surface area contributed by atoms with Crippen LogP contribution in [0.25, 0.3) is 0 Å². The minimum absolute atomic E-state index is 0.235. The molecule has 6 heteroatoms. The number of aliphatic hydroxyl groups excluding tert-OH is 1. The Morgan fingerprint density at radius 3 is 2.55 bits per heavy atom. The number of rotatable bonds is 10. The molecule has 1 fully saturated rings. The number of benzene rings is 2. The van der Waals surface area contributed by atoms with E-state index in [0.717, 1.165) is 26.2 Å². The predicted octanol–water partition coefficient (Wildman–Crippen LogP) is 3.12. The van der Waals surface area contributed by atoms with E-state index in [2.05, 4.69) is 28.0 Å². The van der Waals surface area contributed by atoms with E-state index in [1.165, 1.54) is 22.6 Å². The Labute approximate surface area is 178 Å². The molecule has 0 bridgehead atoms. The number of likely N-dealkylation sites (N-methyl/N-ethyl adjacent to an activating group) is 1. The summed E-state index contributed by atoms with van der Waals surface area (Å²) in [5.41, 5.74) is 2.44. The average Bonchev–Trinajstić information content (AvgIpc) is 2.74. The van der Waals surface area contributed by atoms with Gasteiger partial charge in [-0.3, -0.25) is 9.80 Å². The molecule has 0 unspecified atom stereocenters. The number of ether oxygens (including phenoxy) is 2. The molecule has 1 aliphatic rings. The van der Waals surface area contributed by atoms with E-state index in [1.807, 2.05) is 49.1 Å². The molecule has 0 amide bonds. The highest BCUT2D eigenvalue weighted by molar-refractivity contribution is 7.99. The summed E-state index contributed by atoms with van der Waals surface area (Å²) < 4.78 is 11.4. The minimum atomic E-state index is -0.573. The first-order chi connectivity index (χ1) is 14.1. The van der Waals surface area contributed by atoms with Crippen LogP contribution in [0, 0.1) is 0 Å². The molecule has 0 saturated carbocycles. The molecule has 29 heavy (non-hydrogen) atoms. The second-order valence-electron chi connectivity index (χ2n) is 7.52. The molecule has 1 atom stereocenters. The van der Waals surface area contributed by atoms with Crippen LogP contribution in [0.4, 0.5) is 0 Å². The van der Waals surface area contributed by atoms with Crippen LogP contribution in [0.15, 0.2) is 48.5 Å². The number of aliphatic hydroxyl groups is 1. The number of thioether (sulfide) groups is 1. The molecular formula is C23H32N2O3S. The summed E-state index contributed by atoms with van der Waals surface area (Å²) in [5.74, 6) is 3.79. The Morgan fingerprint density at radius 1 is 1.07 bits per heavy atom. The Morgan fingerprint density at radius 2 is 1.83 bits per heavy atom. The summed E-state index contributed by atoms with van der Waals surface area (Å²) in [6.07, 6.45) is -0.573. The van der Waals surface area contributed by atoms with Gasteiger partial charge in [-0.2, -0.15) is 11.8 Å². The zero-order chi connectivity index (χ0) is 20.5. The van der Waals surface area contributed by atoms with Gasteiger partial charge < -0.3 is 14.6 Å². The van der Waals surface area contributed by atoms with Crippen molar-refractivity contribution in [2.45, 2.75) is 19.2 Å². The largest absolute Gasteiger partial charge is 0.493 e. The molecule has 1 aliphatic heterocycles. The van der Waals surface area contributed by atoms with E-state index in [4.69, 9.17) is 9.47 Å². The van der Waals surface area contributed by atoms with Crippen molar-refractivity contribution in [2.24, 2.45) is 0 Å². The number of hydrogen-bond donors (Lipinski definition) is 1. The fraction of sp³-hybridized carbons (Fsp3) is 0.478. The van der Waals surface area contributed by atoms with Crippen molar-refractivity contribution in [1.29, 1.82) is 0 Å². The predicted molar refractivity (Wildman–Crippen MR) is 120 cm³/mol. The van der Waals surface area contributed by atoms with Crippen LogP contribution in [0.5, 0.6) is 11.5 Å². The first kappa shape index (κ1) is 22.0. The Hall–Kier alpha value is -1.73. The maximum absolute atomic E-state index is 10.4. The van der Waals surface area contributed by atoms with E-state index in [1.54, 1.807) is 7.11 Å². The second kappa shape index (κ2) is 11.5. The lowest BCUT2D eigenvalue weighted by atomic mass is 10.2. The van der Waals surface area contributed by atoms with Crippen molar-refractivity contribution in [3.63, 3.8) is 0 Å². The first-order valence-electron chi connectivity index (χ1n) is 10.1. The van der Waals surface area contributed by atoms with E-state index >= 15 is 0 Å². The van der Waals surface area contributed by atoms with Gasteiger partial charge in [-0.05, 0) is 30.3 Å². The molecule has 1 saturated heterocycles. The third kappa shape index (κ3) is 7.23. The number of hydrogen-bond acceptors (Lipinski definition) is 6. The van der Waals surface area contributed by atoms with Crippen LogP contribution in [0.2, 0.25) is 0 Å². The van der Waals surface area contributed by atoms with Gasteiger partial charge in [0.05, 0.1) is 7.11 Å². The van der Waals surface area contributed by atoms with Gasteiger partial charge in [0, 0.05) is 44.2 Å². The lowest BCUT2D eigenvalue weighted by molar-refractivity contribution is 0.0732. The third-order valence-electron chi connectivity index (χ3n) is 4.99. The van der Waals surface area contributed by atoms with Gasteiger partial charge >= 0.3 is 0 Å². The monoisotopic (exact) mass is 416 g/mol. The molecular weight excluding hydrogens is 384 g/mol. The van der Waals surface area contributed by atoms with Crippen LogP contribution < -0.4 is 9.47 Å². The normalized spacial score (nSPS) is 16.0. The van der Waals surface area contributed by atoms with Gasteiger partial charge in [0.2, 0.25) is 0 Å². The van der Waals surface area contributed by atoms with Crippen molar-refractivity contribution < 1.29 is 14.6 Å². The molecule has 0 radical (unpaired) electrons. The van der Waals surface area contributed by atoms with E-state index in [-0.39, 0.29) is 6.61 Å². The van der Waals surface area contributed by atoms with Crippen LogP contribution in [-0.2, 0) is 13.1 Å². The van der Waals surface area contributed by atoms with Gasteiger partial charge in [-0.25, -0.2) is 0 Å². The molecule has 0 aromatic heterocycles. The summed E-state index contributed by atoms with van der Waals surface area (Å²) in [6.45, 7) is 4.74. The highest BCUT2D eigenvalue weighted by atomic mass is 32.2. The average molecular weight is 417 g/mol. The van der Waals surface area contributed by atoms with Crippen LogP contribution in [0.3, 0.4) is 0 Å². The molecule has 1 N–H and O–H groups in total. The quantitative estimate of drug-likeness (QED) is 0.642. The molecule has 2 aromatic carbocycles. The fourth-order valence-electron chi connectivity index (χ4n) is 3.51. The molecule has 1 heterocycles. The lowest BCUT2D eigenvalue weighted by Gasteiger charge is -2.26. The molecule has 5 nitrogen and oxygen atoms in total. The van der Waals surface area contributed by atoms with Gasteiger partial charge in [0.15, 0.2) is 11.5 Å². The van der Waals surface area contributed by atoms with E-state index in [0.29, 0.717) is 18.0 Å². The van der Waals surface area contributed by atoms with Gasteiger partial charge in [0.1, 0.15) is 12.7 Å². The summed E-state index contributed by atoms with van der Waals surface area (Å²) in [6, 6.07) is 16.4. The Balaban J connectivity index is 1.51. The summed E-state index contributed by atoms with van der Waals surface area (Å²) in [5, 5.41) is 10.4. The SMILES string of the molecule is COc1ccc(CN2CCSCC2)cc1OC[C@H](O)CN(C)Cc1ccccc1. The van der Waals surface area contributed by atoms with Crippen LogP contribution in [0.1, 0.15) is 11.1 Å². The van der Waals surface area contributed by atoms with Gasteiger partial charge in [-0.15, -0.1) is 0 Å². The Kier molecular flexibility index (Phi) is 8.68. The summed E-state index contributed by atoms with van der Waals surface area (Å²) >= 11 is 2.02. The standard InChI is InChI=1S/C23H32N2O3S/c1-24(15-19-6-4-3-5-7-19)17-21(26)18-28-23-14-20(8-9-22(23)27-2)16-25-10-12-29-13-11-25/h3-9,14,21,26H,10-13,15-18H2,1-2H3/t21-/m1/s1. The topological polar surface area (TPSA) is 45.2 Å². The van der Waals surface area contributed by atoms with Crippen molar-refractivity contribution in [2.75, 3.05) is 51.9 Å². The summed E-state index contributed by atoms with van der Waals surface area (Å²) in [7, 11) is 3.65. The van der Waals surface area contributed by atoms with Crippen molar-refractivity contribution in [3.8, 4) is 11.5 Å². The molecule has 158 valence electrons. The zero-order valence-electron chi connectivity index (χ0n) is 17.4. The van der Waals surface area contributed by atoms with Crippen LogP contribution in [-0.4, -0.2) is 72.9 Å². The lowest BCUT2D eigenvalue weighted by Crippen LogP contribution is -2.33. The first-order valence-corrected chi connectivity index (χ1v) is 11.3. The second-order valence-corrected chi connectivity index (χ2v) is 8.75. The molecule has 2 aromatic rings. The molecule has 3 rings (SSSR count). The minimum Gasteiger partial charge on any atom is -0.493 e. The maximum atomic E-state index is 10.4. The van der Waals surface area contributed by atoms with Crippen molar-refractivity contribution in [1.82, 2.24) is 9.80 Å². The smallest absolute Gasteiger partial charge is 0.161 e. The zero-order valence-corrected chi connectivity index (χ0v) is 18.2. The molecule has 0 aliphatic carbocycles. The summed E-state index contributed by atoms with van der Waals surface area (Å²) in [4.78, 5) is 4.57. The number of nitrogens with zero attached hydrogens (tertiary/aromatic N) is 2. The maximum Gasteiger partial charge on any atom is 0.161 e. The fourth-order valence-corrected chi connectivity index (χ4v) is 4.49. The van der Waals surface area contributed by atoms with Crippen molar-refractivity contribution in [3.05, 3.63) is 59.7 Å². The third-order valence-corrected chi connectivity index (χ3v) is 5.93. The van der Waals surface area contributed by atoms with Crippen molar-refractivity contribution >= 4 is 11.8 Å². The molecule has 0 spiro atoms. The van der Waals surface area contributed by atoms with Crippen LogP contribution >= 0.6 is 11.8 Å². The van der Waals surface area contributed by atoms with Gasteiger partial charge in [0.25, 0.3) is 0 Å². The van der Waals surface area contributed by atoms with Gasteiger partial charge in [-0.1, -0.05) is 36.4 Å². The highest BCUT2D eigenvalue weighted by Crippen LogP contribution is 2.29. The Bertz CT molecular complexity index is 738. The number of methoxy groups -OCH3 is 1. The van der Waals surface area contributed by atoms with E-state index in [9.17, 15) is 5.11 Å². The van der Waals surface area contributed by atoms with E-state index < -0.39 is 6.10 Å². The highest BCUT2D eigenvalue weighted by Gasteiger charge is 2.15.